The predicted molar refractivity (Wildman–Crippen MR) is 104 cm³/mol. The third kappa shape index (κ3) is 4.85. The van der Waals surface area contributed by atoms with Crippen molar-refractivity contribution in [2.24, 2.45) is 0 Å². The second-order valence-electron chi connectivity index (χ2n) is 6.01. The van der Waals surface area contributed by atoms with Crippen molar-refractivity contribution in [3.05, 3.63) is 51.9 Å². The number of rotatable bonds is 8. The minimum atomic E-state index is -0.214. The molecule has 1 amide bonds. The molecule has 3 aromatic rings. The third-order valence-electron chi connectivity index (χ3n) is 3.84. The quantitative estimate of drug-likeness (QED) is 0.642. The molecule has 142 valence electrons. The van der Waals surface area contributed by atoms with Gasteiger partial charge < -0.3 is 19.4 Å². The van der Waals surface area contributed by atoms with Crippen LogP contribution in [0.3, 0.4) is 0 Å². The zero-order valence-corrected chi connectivity index (χ0v) is 16.0. The zero-order valence-electron chi connectivity index (χ0n) is 15.2. The van der Waals surface area contributed by atoms with Gasteiger partial charge in [0.05, 0.1) is 18.7 Å². The molecule has 0 bridgehead atoms. The summed E-state index contributed by atoms with van der Waals surface area (Å²) >= 11 is 1.34. The fourth-order valence-electron chi connectivity index (χ4n) is 2.42. The fraction of sp³-hybridized carbons (Fsp3) is 0.316. The Morgan fingerprint density at radius 3 is 2.59 bits per heavy atom. The number of thiophene rings is 1. The average Bonchev–Trinajstić information content (AvgIpc) is 3.14. The monoisotopic (exact) mass is 387 g/mol. The molecule has 1 N–H and O–H groups in total. The first-order valence-electron chi connectivity index (χ1n) is 8.63. The summed E-state index contributed by atoms with van der Waals surface area (Å²) in [7, 11) is 1.64. The van der Waals surface area contributed by atoms with Crippen molar-refractivity contribution in [3.63, 3.8) is 0 Å². The van der Waals surface area contributed by atoms with E-state index in [2.05, 4.69) is 9.97 Å². The van der Waals surface area contributed by atoms with E-state index in [1.54, 1.807) is 25.2 Å². The number of benzene rings is 1. The third-order valence-corrected chi connectivity index (χ3v) is 4.74. The van der Waals surface area contributed by atoms with Crippen LogP contribution in [0, 0.1) is 0 Å². The van der Waals surface area contributed by atoms with Gasteiger partial charge in [0.25, 0.3) is 11.5 Å². The summed E-state index contributed by atoms with van der Waals surface area (Å²) in [5, 5.41) is 1.82. The van der Waals surface area contributed by atoms with Crippen molar-refractivity contribution in [1.82, 2.24) is 14.9 Å². The van der Waals surface area contributed by atoms with Crippen LogP contribution in [-0.4, -0.2) is 41.0 Å². The number of hydrogen-bond donors (Lipinski definition) is 1. The summed E-state index contributed by atoms with van der Waals surface area (Å²) in [6.07, 6.45) is 0.943. The number of carbonyl (C=O) groups is 1. The molecule has 0 aliphatic rings. The van der Waals surface area contributed by atoms with Crippen LogP contribution < -0.4 is 15.0 Å². The Morgan fingerprint density at radius 2 is 1.89 bits per heavy atom. The Kier molecular flexibility index (Phi) is 6.08. The van der Waals surface area contributed by atoms with E-state index < -0.39 is 0 Å². The Balaban J connectivity index is 1.54. The van der Waals surface area contributed by atoms with Crippen LogP contribution in [-0.2, 0) is 11.3 Å². The van der Waals surface area contributed by atoms with Gasteiger partial charge in [-0.25, -0.2) is 4.98 Å². The molecule has 1 aromatic carbocycles. The Labute approximate surface area is 160 Å². The highest BCUT2D eigenvalue weighted by Crippen LogP contribution is 2.18. The number of H-pyrrole nitrogens is 1. The van der Waals surface area contributed by atoms with Gasteiger partial charge in [-0.05, 0) is 42.1 Å². The molecule has 0 aliphatic carbocycles. The lowest BCUT2D eigenvalue weighted by atomic mass is 10.3. The molecule has 2 aromatic heterocycles. The minimum absolute atomic E-state index is 0.101. The number of aromatic nitrogens is 2. The Morgan fingerprint density at radius 1 is 1.19 bits per heavy atom. The standard InChI is InChI=1S/C19H21N3O4S/c1-3-9-25-13-4-6-14(7-5-13)26-12-17(23)22(2)11-16-20-15-8-10-27-18(15)19(24)21-16/h4-8,10H,3,9,11-12H2,1-2H3,(H,20,21,24). The molecule has 0 spiro atoms. The molecular formula is C19H21N3O4S. The second-order valence-corrected chi connectivity index (χ2v) is 6.92. The van der Waals surface area contributed by atoms with E-state index in [0.29, 0.717) is 28.4 Å². The Hall–Kier alpha value is -2.87. The van der Waals surface area contributed by atoms with Crippen molar-refractivity contribution in [2.75, 3.05) is 20.3 Å². The van der Waals surface area contributed by atoms with Gasteiger partial charge >= 0.3 is 0 Å². The highest BCUT2D eigenvalue weighted by molar-refractivity contribution is 7.17. The van der Waals surface area contributed by atoms with Gasteiger partial charge in [0.2, 0.25) is 0 Å². The number of hydrogen-bond acceptors (Lipinski definition) is 6. The summed E-state index contributed by atoms with van der Waals surface area (Å²) in [4.78, 5) is 32.8. The van der Waals surface area contributed by atoms with E-state index in [-0.39, 0.29) is 24.6 Å². The lowest BCUT2D eigenvalue weighted by molar-refractivity contribution is -0.132. The number of nitrogens with zero attached hydrogens (tertiary/aromatic N) is 2. The molecule has 27 heavy (non-hydrogen) atoms. The van der Waals surface area contributed by atoms with Crippen molar-refractivity contribution in [3.8, 4) is 11.5 Å². The fourth-order valence-corrected chi connectivity index (χ4v) is 3.14. The largest absolute Gasteiger partial charge is 0.494 e. The van der Waals surface area contributed by atoms with E-state index in [0.717, 1.165) is 12.2 Å². The molecule has 0 fully saturated rings. The molecule has 0 unspecified atom stereocenters. The molecule has 0 saturated carbocycles. The van der Waals surface area contributed by atoms with Gasteiger partial charge in [-0.2, -0.15) is 0 Å². The molecule has 0 aliphatic heterocycles. The summed E-state index contributed by atoms with van der Waals surface area (Å²) < 4.78 is 11.6. The van der Waals surface area contributed by atoms with Gasteiger partial charge in [0.1, 0.15) is 22.0 Å². The number of ether oxygens (including phenoxy) is 2. The van der Waals surface area contributed by atoms with E-state index >= 15 is 0 Å². The van der Waals surface area contributed by atoms with Crippen LogP contribution in [0.4, 0.5) is 0 Å². The number of carbonyl (C=O) groups excluding carboxylic acids is 1. The summed E-state index contributed by atoms with van der Waals surface area (Å²) in [5.41, 5.74) is 0.453. The summed E-state index contributed by atoms with van der Waals surface area (Å²) in [6, 6.07) is 8.94. The van der Waals surface area contributed by atoms with Crippen LogP contribution in [0.5, 0.6) is 11.5 Å². The van der Waals surface area contributed by atoms with Crippen LogP contribution in [0.15, 0.2) is 40.5 Å². The minimum Gasteiger partial charge on any atom is -0.494 e. The highest BCUT2D eigenvalue weighted by atomic mass is 32.1. The maximum Gasteiger partial charge on any atom is 0.268 e. The summed E-state index contributed by atoms with van der Waals surface area (Å²) in [5.74, 6) is 1.59. The molecular weight excluding hydrogens is 366 g/mol. The van der Waals surface area contributed by atoms with Crippen molar-refractivity contribution in [1.29, 1.82) is 0 Å². The first-order valence-corrected chi connectivity index (χ1v) is 9.51. The second kappa shape index (κ2) is 8.68. The Bertz CT molecular complexity index is 965. The topological polar surface area (TPSA) is 84.5 Å². The number of likely N-dealkylation sites (N-methyl/N-ethyl adjacent to an activating group) is 1. The van der Waals surface area contributed by atoms with Crippen LogP contribution in [0.25, 0.3) is 10.2 Å². The van der Waals surface area contributed by atoms with Gasteiger partial charge in [0, 0.05) is 7.05 Å². The van der Waals surface area contributed by atoms with Crippen molar-refractivity contribution < 1.29 is 14.3 Å². The van der Waals surface area contributed by atoms with E-state index in [1.165, 1.54) is 16.2 Å². The van der Waals surface area contributed by atoms with Gasteiger partial charge in [-0.1, -0.05) is 6.92 Å². The van der Waals surface area contributed by atoms with Gasteiger partial charge in [-0.15, -0.1) is 11.3 Å². The SMILES string of the molecule is CCCOc1ccc(OCC(=O)N(C)Cc2nc3ccsc3c(=O)[nH]2)cc1. The molecule has 7 nitrogen and oxygen atoms in total. The normalized spacial score (nSPS) is 10.7. The van der Waals surface area contributed by atoms with E-state index in [1.807, 2.05) is 24.4 Å². The maximum absolute atomic E-state index is 12.3. The van der Waals surface area contributed by atoms with Crippen LogP contribution in [0.1, 0.15) is 19.2 Å². The van der Waals surface area contributed by atoms with Crippen LogP contribution >= 0.6 is 11.3 Å². The predicted octanol–water partition coefficient (Wildman–Crippen LogP) is 2.81. The van der Waals surface area contributed by atoms with E-state index in [9.17, 15) is 9.59 Å². The number of amides is 1. The smallest absolute Gasteiger partial charge is 0.268 e. The first-order chi connectivity index (χ1) is 13.1. The molecule has 0 radical (unpaired) electrons. The molecule has 0 atom stereocenters. The number of aromatic amines is 1. The lowest BCUT2D eigenvalue weighted by Crippen LogP contribution is -2.32. The zero-order chi connectivity index (χ0) is 19.2. The summed E-state index contributed by atoms with van der Waals surface area (Å²) in [6.45, 7) is 2.81. The molecule has 3 rings (SSSR count). The maximum atomic E-state index is 12.3. The van der Waals surface area contributed by atoms with Gasteiger partial charge in [0.15, 0.2) is 6.61 Å². The molecule has 2 heterocycles. The number of nitrogens with one attached hydrogen (secondary N) is 1. The lowest BCUT2D eigenvalue weighted by Gasteiger charge is -2.17. The van der Waals surface area contributed by atoms with Gasteiger partial charge in [-0.3, -0.25) is 9.59 Å². The van der Waals surface area contributed by atoms with Crippen molar-refractivity contribution >= 4 is 27.5 Å². The van der Waals surface area contributed by atoms with E-state index in [4.69, 9.17) is 9.47 Å². The molecule has 8 heteroatoms. The first kappa shape index (κ1) is 18.9. The number of fused-ring (bicyclic) bond motifs is 1. The van der Waals surface area contributed by atoms with Crippen LogP contribution in [0.2, 0.25) is 0 Å². The highest BCUT2D eigenvalue weighted by Gasteiger charge is 2.13. The van der Waals surface area contributed by atoms with Crippen molar-refractivity contribution in [2.45, 2.75) is 19.9 Å². The molecule has 0 saturated heterocycles. The average molecular weight is 387 g/mol.